The summed E-state index contributed by atoms with van der Waals surface area (Å²) in [5, 5.41) is 4.67. The van der Waals surface area contributed by atoms with Crippen LogP contribution in [0, 0.1) is 0 Å². The lowest BCUT2D eigenvalue weighted by Gasteiger charge is -2.24. The number of ether oxygens (including phenoxy) is 1. The molecule has 0 aliphatic carbocycles. The summed E-state index contributed by atoms with van der Waals surface area (Å²) < 4.78 is 5.22. The van der Waals surface area contributed by atoms with Gasteiger partial charge < -0.3 is 10.1 Å². The van der Waals surface area contributed by atoms with E-state index in [0.29, 0.717) is 5.25 Å². The quantitative estimate of drug-likeness (QED) is 0.628. The second kappa shape index (κ2) is 8.00. The van der Waals surface area contributed by atoms with Crippen molar-refractivity contribution in [3.63, 3.8) is 0 Å². The molecule has 4 nitrogen and oxygen atoms in total. The normalized spacial score (nSPS) is 13.7. The fourth-order valence-corrected chi connectivity index (χ4v) is 3.13. The summed E-state index contributed by atoms with van der Waals surface area (Å²) in [6.45, 7) is 5.22. The van der Waals surface area contributed by atoms with Gasteiger partial charge in [0.25, 0.3) is 0 Å². The van der Waals surface area contributed by atoms with Gasteiger partial charge >= 0.3 is 0 Å². The predicted octanol–water partition coefficient (Wildman–Crippen LogP) is 3.32. The Bertz CT molecular complexity index is 533. The number of aromatic nitrogens is 2. The SMILES string of the molecule is CCNC(c1ccc(OC)cc1)C(C)Sc1ncccn1. The lowest BCUT2D eigenvalue weighted by atomic mass is 10.0. The number of rotatable bonds is 7. The maximum absolute atomic E-state index is 5.22. The van der Waals surface area contributed by atoms with Crippen molar-refractivity contribution in [1.29, 1.82) is 0 Å². The van der Waals surface area contributed by atoms with Gasteiger partial charge in [-0.25, -0.2) is 9.97 Å². The van der Waals surface area contributed by atoms with E-state index < -0.39 is 0 Å². The van der Waals surface area contributed by atoms with Gasteiger partial charge in [-0.05, 0) is 30.3 Å². The van der Waals surface area contributed by atoms with Crippen molar-refractivity contribution in [3.05, 3.63) is 48.3 Å². The van der Waals surface area contributed by atoms with Crippen LogP contribution in [-0.2, 0) is 0 Å². The fraction of sp³-hybridized carbons (Fsp3) is 0.375. The highest BCUT2D eigenvalue weighted by atomic mass is 32.2. The molecule has 0 aliphatic heterocycles. The van der Waals surface area contributed by atoms with Crippen molar-refractivity contribution in [2.45, 2.75) is 30.3 Å². The van der Waals surface area contributed by atoms with Gasteiger partial charge in [-0.3, -0.25) is 0 Å². The first-order valence-electron chi connectivity index (χ1n) is 7.05. The van der Waals surface area contributed by atoms with Crippen molar-refractivity contribution in [2.75, 3.05) is 13.7 Å². The molecule has 5 heteroatoms. The average molecular weight is 303 g/mol. The van der Waals surface area contributed by atoms with Crippen molar-refractivity contribution in [2.24, 2.45) is 0 Å². The minimum absolute atomic E-state index is 0.245. The number of hydrogen-bond acceptors (Lipinski definition) is 5. The predicted molar refractivity (Wildman–Crippen MR) is 86.8 cm³/mol. The van der Waals surface area contributed by atoms with Gasteiger partial charge in [0, 0.05) is 23.7 Å². The van der Waals surface area contributed by atoms with Crippen molar-refractivity contribution in [3.8, 4) is 5.75 Å². The van der Waals surface area contributed by atoms with Crippen LogP contribution in [0.15, 0.2) is 47.9 Å². The topological polar surface area (TPSA) is 47.0 Å². The molecule has 0 fully saturated rings. The van der Waals surface area contributed by atoms with Crippen LogP contribution in [0.5, 0.6) is 5.75 Å². The highest BCUT2D eigenvalue weighted by molar-refractivity contribution is 7.99. The van der Waals surface area contributed by atoms with Crippen LogP contribution in [0.3, 0.4) is 0 Å². The molecule has 112 valence electrons. The Morgan fingerprint density at radius 2 is 1.86 bits per heavy atom. The van der Waals surface area contributed by atoms with E-state index in [1.54, 1.807) is 31.3 Å². The van der Waals surface area contributed by atoms with Gasteiger partial charge in [-0.15, -0.1) is 0 Å². The largest absolute Gasteiger partial charge is 0.497 e. The van der Waals surface area contributed by atoms with Gasteiger partial charge in [0.2, 0.25) is 0 Å². The fourth-order valence-electron chi connectivity index (χ4n) is 2.17. The molecule has 2 atom stereocenters. The van der Waals surface area contributed by atoms with E-state index in [1.165, 1.54) is 5.56 Å². The van der Waals surface area contributed by atoms with Crippen LogP contribution >= 0.6 is 11.8 Å². The molecule has 0 bridgehead atoms. The summed E-state index contributed by atoms with van der Waals surface area (Å²) in [6, 6.07) is 10.3. The van der Waals surface area contributed by atoms with Crippen LogP contribution in [0.4, 0.5) is 0 Å². The summed E-state index contributed by atoms with van der Waals surface area (Å²) in [7, 11) is 1.68. The van der Waals surface area contributed by atoms with E-state index in [-0.39, 0.29) is 6.04 Å². The second-order valence-corrected chi connectivity index (χ2v) is 6.01. The highest BCUT2D eigenvalue weighted by Gasteiger charge is 2.20. The van der Waals surface area contributed by atoms with Crippen LogP contribution in [0.1, 0.15) is 25.5 Å². The first-order valence-corrected chi connectivity index (χ1v) is 7.93. The highest BCUT2D eigenvalue weighted by Crippen LogP contribution is 2.30. The Hall–Kier alpha value is -1.59. The zero-order valence-electron chi connectivity index (χ0n) is 12.6. The molecule has 0 spiro atoms. The van der Waals surface area contributed by atoms with Crippen LogP contribution in [0.2, 0.25) is 0 Å². The van der Waals surface area contributed by atoms with E-state index in [0.717, 1.165) is 17.5 Å². The van der Waals surface area contributed by atoms with Gasteiger partial charge in [0.1, 0.15) is 5.75 Å². The molecule has 0 aliphatic rings. The van der Waals surface area contributed by atoms with Gasteiger partial charge in [-0.2, -0.15) is 0 Å². The summed E-state index contributed by atoms with van der Waals surface area (Å²) in [4.78, 5) is 8.57. The first-order chi connectivity index (χ1) is 10.2. The van der Waals surface area contributed by atoms with Crippen LogP contribution in [0.25, 0.3) is 0 Å². The minimum Gasteiger partial charge on any atom is -0.497 e. The van der Waals surface area contributed by atoms with E-state index in [4.69, 9.17) is 4.74 Å². The van der Waals surface area contributed by atoms with Gasteiger partial charge in [0.15, 0.2) is 5.16 Å². The molecule has 0 radical (unpaired) electrons. The Morgan fingerprint density at radius 1 is 1.19 bits per heavy atom. The molecule has 0 amide bonds. The Kier molecular flexibility index (Phi) is 6.02. The minimum atomic E-state index is 0.245. The molecule has 21 heavy (non-hydrogen) atoms. The Balaban J connectivity index is 2.13. The number of thioether (sulfide) groups is 1. The molecule has 2 unspecified atom stereocenters. The number of hydrogen-bond donors (Lipinski definition) is 1. The van der Waals surface area contributed by atoms with E-state index in [1.807, 2.05) is 18.2 Å². The Labute approximate surface area is 130 Å². The number of methoxy groups -OCH3 is 1. The third-order valence-electron chi connectivity index (χ3n) is 3.20. The van der Waals surface area contributed by atoms with Crippen molar-refractivity contribution < 1.29 is 4.74 Å². The number of nitrogens with zero attached hydrogens (tertiary/aromatic N) is 2. The summed E-state index contributed by atoms with van der Waals surface area (Å²) in [5.74, 6) is 0.876. The zero-order valence-corrected chi connectivity index (χ0v) is 13.4. The maximum Gasteiger partial charge on any atom is 0.187 e. The lowest BCUT2D eigenvalue weighted by molar-refractivity contribution is 0.414. The summed E-state index contributed by atoms with van der Waals surface area (Å²) in [5.41, 5.74) is 1.24. The van der Waals surface area contributed by atoms with Crippen molar-refractivity contribution in [1.82, 2.24) is 15.3 Å². The zero-order chi connectivity index (χ0) is 15.1. The molecular weight excluding hydrogens is 282 g/mol. The van der Waals surface area contributed by atoms with E-state index in [2.05, 4.69) is 41.3 Å². The molecular formula is C16H21N3OS. The first kappa shape index (κ1) is 15.8. The third kappa shape index (κ3) is 4.44. The third-order valence-corrected chi connectivity index (χ3v) is 4.27. The molecule has 0 saturated carbocycles. The van der Waals surface area contributed by atoms with E-state index >= 15 is 0 Å². The lowest BCUT2D eigenvalue weighted by Crippen LogP contribution is -2.28. The molecule has 0 saturated heterocycles. The smallest absolute Gasteiger partial charge is 0.187 e. The van der Waals surface area contributed by atoms with Gasteiger partial charge in [-0.1, -0.05) is 37.7 Å². The monoisotopic (exact) mass is 303 g/mol. The number of benzene rings is 1. The molecule has 1 aromatic carbocycles. The molecule has 1 aromatic heterocycles. The standard InChI is InChI=1S/C16H21N3OS/c1-4-17-15(13-6-8-14(20-3)9-7-13)12(2)21-16-18-10-5-11-19-16/h5-12,15,17H,4H2,1-3H3. The van der Waals surface area contributed by atoms with Crippen LogP contribution < -0.4 is 10.1 Å². The molecule has 2 rings (SSSR count). The molecule has 1 heterocycles. The van der Waals surface area contributed by atoms with Crippen molar-refractivity contribution >= 4 is 11.8 Å². The molecule has 1 N–H and O–H groups in total. The second-order valence-electron chi connectivity index (χ2n) is 4.66. The summed E-state index contributed by atoms with van der Waals surface area (Å²) in [6.07, 6.45) is 3.55. The Morgan fingerprint density at radius 3 is 2.43 bits per heavy atom. The van der Waals surface area contributed by atoms with E-state index in [9.17, 15) is 0 Å². The van der Waals surface area contributed by atoms with Crippen LogP contribution in [-0.4, -0.2) is 28.9 Å². The molecule has 2 aromatic rings. The maximum atomic E-state index is 5.22. The average Bonchev–Trinajstić information content (AvgIpc) is 2.53. The summed E-state index contributed by atoms with van der Waals surface area (Å²) >= 11 is 1.68. The number of nitrogens with one attached hydrogen (secondary N) is 1. The van der Waals surface area contributed by atoms with Gasteiger partial charge in [0.05, 0.1) is 7.11 Å².